The molecule has 2 rings (SSSR count). The summed E-state index contributed by atoms with van der Waals surface area (Å²) in [5, 5.41) is 9.29. The van der Waals surface area contributed by atoms with E-state index in [9.17, 15) is 9.59 Å². The second-order valence-electron chi connectivity index (χ2n) is 3.28. The Kier molecular flexibility index (Phi) is 2.89. The van der Waals surface area contributed by atoms with E-state index >= 15 is 0 Å². The third-order valence-corrected chi connectivity index (χ3v) is 2.86. The summed E-state index contributed by atoms with van der Waals surface area (Å²) >= 11 is 3.25. The zero-order chi connectivity index (χ0) is 12.6. The van der Waals surface area contributed by atoms with Crippen molar-refractivity contribution in [3.05, 3.63) is 38.7 Å². The van der Waals surface area contributed by atoms with Gasteiger partial charge in [-0.25, -0.2) is 9.59 Å². The number of carboxylic acids is 1. The van der Waals surface area contributed by atoms with E-state index < -0.39 is 17.2 Å². The molecule has 1 heterocycles. The van der Waals surface area contributed by atoms with Crippen LogP contribution in [0.25, 0.3) is 11.0 Å². The first-order valence-electron chi connectivity index (χ1n) is 4.57. The summed E-state index contributed by atoms with van der Waals surface area (Å²) in [5.41, 5.74) is -0.975. The van der Waals surface area contributed by atoms with Gasteiger partial charge in [-0.15, -0.1) is 0 Å². The van der Waals surface area contributed by atoms with Crippen molar-refractivity contribution in [3.8, 4) is 5.75 Å². The third-order valence-electron chi connectivity index (χ3n) is 2.24. The highest BCUT2D eigenvalue weighted by Crippen LogP contribution is 2.29. The van der Waals surface area contributed by atoms with Crippen LogP contribution in [0.4, 0.5) is 0 Å². The largest absolute Gasteiger partial charge is 0.496 e. The number of methoxy groups -OCH3 is 1. The summed E-state index contributed by atoms with van der Waals surface area (Å²) < 4.78 is 10.6. The molecule has 0 bridgehead atoms. The SMILES string of the molecule is COc1cc2cc(C(=O)O)c(=O)oc2cc1Br. The second kappa shape index (κ2) is 4.21. The maximum atomic E-state index is 11.3. The summed E-state index contributed by atoms with van der Waals surface area (Å²) in [6, 6.07) is 4.41. The lowest BCUT2D eigenvalue weighted by Crippen LogP contribution is -2.12. The van der Waals surface area contributed by atoms with Crippen LogP contribution >= 0.6 is 15.9 Å². The van der Waals surface area contributed by atoms with Gasteiger partial charge in [0.2, 0.25) is 0 Å². The molecule has 1 aromatic carbocycles. The summed E-state index contributed by atoms with van der Waals surface area (Å²) in [7, 11) is 1.49. The number of rotatable bonds is 2. The van der Waals surface area contributed by atoms with Crippen molar-refractivity contribution >= 4 is 32.9 Å². The summed E-state index contributed by atoms with van der Waals surface area (Å²) in [4.78, 5) is 22.1. The number of fused-ring (bicyclic) bond motifs is 1. The summed E-state index contributed by atoms with van der Waals surface area (Å²) in [5.74, 6) is -0.787. The fourth-order valence-corrected chi connectivity index (χ4v) is 1.91. The van der Waals surface area contributed by atoms with Gasteiger partial charge in [-0.2, -0.15) is 0 Å². The van der Waals surface area contributed by atoms with Gasteiger partial charge in [0.05, 0.1) is 11.6 Å². The predicted molar refractivity (Wildman–Crippen MR) is 63.7 cm³/mol. The number of carboxylic acid groups (broad SMARTS) is 1. The molecule has 0 spiro atoms. The molecular formula is C11H7BrO5. The van der Waals surface area contributed by atoms with Crippen LogP contribution in [0, 0.1) is 0 Å². The van der Waals surface area contributed by atoms with Crippen LogP contribution < -0.4 is 10.4 Å². The van der Waals surface area contributed by atoms with Gasteiger partial charge >= 0.3 is 11.6 Å². The lowest BCUT2D eigenvalue weighted by molar-refractivity contribution is 0.0692. The fraction of sp³-hybridized carbons (Fsp3) is 0.0909. The lowest BCUT2D eigenvalue weighted by atomic mass is 10.2. The Hall–Kier alpha value is -1.82. The number of ether oxygens (including phenoxy) is 1. The molecule has 0 aliphatic heterocycles. The van der Waals surface area contributed by atoms with E-state index in [2.05, 4.69) is 15.9 Å². The standard InChI is InChI=1S/C11H7BrO5/c1-16-9-3-5-2-6(10(13)14)11(15)17-8(5)4-7(9)12/h2-4H,1H3,(H,13,14). The van der Waals surface area contributed by atoms with Crippen LogP contribution in [0.1, 0.15) is 10.4 Å². The maximum Gasteiger partial charge on any atom is 0.351 e. The third kappa shape index (κ3) is 2.03. The number of halogens is 1. The van der Waals surface area contributed by atoms with Gasteiger partial charge in [0.1, 0.15) is 16.9 Å². The van der Waals surface area contributed by atoms with Crippen LogP contribution in [0.2, 0.25) is 0 Å². The monoisotopic (exact) mass is 298 g/mol. The van der Waals surface area contributed by atoms with Gasteiger partial charge in [0, 0.05) is 5.39 Å². The Morgan fingerprint density at radius 1 is 1.41 bits per heavy atom. The van der Waals surface area contributed by atoms with E-state index in [0.29, 0.717) is 21.2 Å². The normalized spacial score (nSPS) is 10.5. The molecular weight excluding hydrogens is 292 g/mol. The van der Waals surface area contributed by atoms with Gasteiger partial charge in [-0.3, -0.25) is 0 Å². The van der Waals surface area contributed by atoms with Crippen molar-refractivity contribution in [2.75, 3.05) is 7.11 Å². The van der Waals surface area contributed by atoms with Gasteiger partial charge in [-0.1, -0.05) is 0 Å². The van der Waals surface area contributed by atoms with Crippen molar-refractivity contribution in [1.29, 1.82) is 0 Å². The molecule has 2 aromatic rings. The predicted octanol–water partition coefficient (Wildman–Crippen LogP) is 2.26. The highest BCUT2D eigenvalue weighted by molar-refractivity contribution is 9.10. The molecule has 0 atom stereocenters. The van der Waals surface area contributed by atoms with Crippen LogP contribution in [0.15, 0.2) is 31.9 Å². The van der Waals surface area contributed by atoms with Gasteiger partial charge in [0.25, 0.3) is 0 Å². The number of benzene rings is 1. The summed E-state index contributed by atoms with van der Waals surface area (Å²) in [6.45, 7) is 0. The van der Waals surface area contributed by atoms with E-state index in [1.165, 1.54) is 13.2 Å². The molecule has 0 radical (unpaired) electrons. The zero-order valence-corrected chi connectivity index (χ0v) is 10.3. The van der Waals surface area contributed by atoms with E-state index in [0.717, 1.165) is 0 Å². The minimum absolute atomic E-state index is 0.299. The van der Waals surface area contributed by atoms with Crippen molar-refractivity contribution in [2.45, 2.75) is 0 Å². The van der Waals surface area contributed by atoms with E-state index in [4.69, 9.17) is 14.3 Å². The number of hydrogen-bond donors (Lipinski definition) is 1. The Balaban J connectivity index is 2.80. The van der Waals surface area contributed by atoms with E-state index in [1.54, 1.807) is 12.1 Å². The minimum atomic E-state index is -1.32. The van der Waals surface area contributed by atoms with Gasteiger partial charge in [0.15, 0.2) is 0 Å². The molecule has 88 valence electrons. The van der Waals surface area contributed by atoms with Crippen LogP contribution in [-0.4, -0.2) is 18.2 Å². The van der Waals surface area contributed by atoms with E-state index in [1.807, 2.05) is 0 Å². The minimum Gasteiger partial charge on any atom is -0.496 e. The molecule has 5 nitrogen and oxygen atoms in total. The molecule has 0 aliphatic rings. The second-order valence-corrected chi connectivity index (χ2v) is 4.13. The maximum absolute atomic E-state index is 11.3. The average Bonchev–Trinajstić information content (AvgIpc) is 2.27. The van der Waals surface area contributed by atoms with Crippen LogP contribution in [0.3, 0.4) is 0 Å². The van der Waals surface area contributed by atoms with Crippen molar-refractivity contribution < 1.29 is 19.1 Å². The molecule has 0 unspecified atom stereocenters. The van der Waals surface area contributed by atoms with E-state index in [-0.39, 0.29) is 0 Å². The van der Waals surface area contributed by atoms with Crippen LogP contribution in [-0.2, 0) is 0 Å². The molecule has 0 saturated heterocycles. The van der Waals surface area contributed by atoms with Crippen LogP contribution in [0.5, 0.6) is 5.75 Å². The smallest absolute Gasteiger partial charge is 0.351 e. The quantitative estimate of drug-likeness (QED) is 0.861. The van der Waals surface area contributed by atoms with Gasteiger partial charge in [-0.05, 0) is 34.1 Å². The first kappa shape index (κ1) is 11.7. The molecule has 0 aliphatic carbocycles. The Morgan fingerprint density at radius 3 is 2.71 bits per heavy atom. The first-order valence-corrected chi connectivity index (χ1v) is 5.37. The highest BCUT2D eigenvalue weighted by Gasteiger charge is 2.13. The first-order chi connectivity index (χ1) is 8.02. The molecule has 1 aromatic heterocycles. The Labute approximate surface area is 104 Å². The van der Waals surface area contributed by atoms with Gasteiger partial charge < -0.3 is 14.3 Å². The highest BCUT2D eigenvalue weighted by atomic mass is 79.9. The number of carbonyl (C=O) groups is 1. The summed E-state index contributed by atoms with van der Waals surface area (Å²) in [6.07, 6.45) is 0. The average molecular weight is 299 g/mol. The molecule has 6 heteroatoms. The molecule has 1 N–H and O–H groups in total. The number of hydrogen-bond acceptors (Lipinski definition) is 4. The molecule has 0 saturated carbocycles. The topological polar surface area (TPSA) is 76.7 Å². The lowest BCUT2D eigenvalue weighted by Gasteiger charge is -2.05. The molecule has 0 fully saturated rings. The zero-order valence-electron chi connectivity index (χ0n) is 8.69. The van der Waals surface area contributed by atoms with Crippen molar-refractivity contribution in [3.63, 3.8) is 0 Å². The molecule has 0 amide bonds. The number of aromatic carboxylic acids is 1. The van der Waals surface area contributed by atoms with Crippen molar-refractivity contribution in [1.82, 2.24) is 0 Å². The fourth-order valence-electron chi connectivity index (χ4n) is 1.43. The molecule has 17 heavy (non-hydrogen) atoms. The Bertz CT molecular complexity index is 659. The Morgan fingerprint density at radius 2 is 2.12 bits per heavy atom. The van der Waals surface area contributed by atoms with Crippen molar-refractivity contribution in [2.24, 2.45) is 0 Å².